The van der Waals surface area contributed by atoms with E-state index in [-0.39, 0.29) is 5.69 Å². The van der Waals surface area contributed by atoms with E-state index in [9.17, 15) is 13.2 Å². The van der Waals surface area contributed by atoms with Gasteiger partial charge in [-0.3, -0.25) is 0 Å². The standard InChI is InChI=1S/C10H11F3N2O/c11-10(12,13)9-8(2-1-3-14-9)15-4-6-16-7-5-15/h1-3H,4-7H2. The molecule has 0 aliphatic carbocycles. The molecule has 0 radical (unpaired) electrons. The largest absolute Gasteiger partial charge is 0.435 e. The Balaban J connectivity index is 2.32. The van der Waals surface area contributed by atoms with Crippen LogP contribution in [-0.4, -0.2) is 31.3 Å². The molecule has 1 aliphatic rings. The fourth-order valence-electron chi connectivity index (χ4n) is 1.67. The van der Waals surface area contributed by atoms with Crippen LogP contribution in [0.5, 0.6) is 0 Å². The highest BCUT2D eigenvalue weighted by atomic mass is 19.4. The highest BCUT2D eigenvalue weighted by molar-refractivity contribution is 5.51. The molecule has 0 aromatic carbocycles. The van der Waals surface area contributed by atoms with Gasteiger partial charge >= 0.3 is 6.18 Å². The molecule has 0 bridgehead atoms. The summed E-state index contributed by atoms with van der Waals surface area (Å²) in [7, 11) is 0. The number of alkyl halides is 3. The number of pyridine rings is 1. The average Bonchev–Trinajstić information content (AvgIpc) is 2.29. The third-order valence-electron chi connectivity index (χ3n) is 2.41. The Morgan fingerprint density at radius 3 is 2.56 bits per heavy atom. The van der Waals surface area contributed by atoms with E-state index in [0.29, 0.717) is 26.3 Å². The zero-order chi connectivity index (χ0) is 11.6. The maximum atomic E-state index is 12.7. The Morgan fingerprint density at radius 1 is 1.25 bits per heavy atom. The molecule has 0 atom stereocenters. The van der Waals surface area contributed by atoms with E-state index in [1.807, 2.05) is 0 Å². The van der Waals surface area contributed by atoms with Crippen molar-refractivity contribution in [2.75, 3.05) is 31.2 Å². The van der Waals surface area contributed by atoms with Crippen molar-refractivity contribution in [2.24, 2.45) is 0 Å². The van der Waals surface area contributed by atoms with Crippen molar-refractivity contribution in [1.82, 2.24) is 4.98 Å². The number of hydrogen-bond acceptors (Lipinski definition) is 3. The van der Waals surface area contributed by atoms with Gasteiger partial charge in [0.05, 0.1) is 18.9 Å². The molecule has 0 spiro atoms. The zero-order valence-electron chi connectivity index (χ0n) is 8.50. The first kappa shape index (κ1) is 11.2. The van der Waals surface area contributed by atoms with Crippen molar-refractivity contribution >= 4 is 5.69 Å². The van der Waals surface area contributed by atoms with Crippen molar-refractivity contribution in [2.45, 2.75) is 6.18 Å². The molecular weight excluding hydrogens is 221 g/mol. The van der Waals surface area contributed by atoms with Crippen LogP contribution in [0, 0.1) is 0 Å². The monoisotopic (exact) mass is 232 g/mol. The Hall–Kier alpha value is -1.30. The van der Waals surface area contributed by atoms with Crippen LogP contribution in [0.25, 0.3) is 0 Å². The second kappa shape index (κ2) is 4.29. The molecule has 1 fully saturated rings. The van der Waals surface area contributed by atoms with Crippen LogP contribution in [0.1, 0.15) is 5.69 Å². The van der Waals surface area contributed by atoms with Gasteiger partial charge in [-0.15, -0.1) is 0 Å². The molecular formula is C10H11F3N2O. The highest BCUT2D eigenvalue weighted by Gasteiger charge is 2.36. The molecule has 2 rings (SSSR count). The fraction of sp³-hybridized carbons (Fsp3) is 0.500. The SMILES string of the molecule is FC(F)(F)c1ncccc1N1CCOCC1. The fourth-order valence-corrected chi connectivity index (χ4v) is 1.67. The average molecular weight is 232 g/mol. The molecule has 6 heteroatoms. The summed E-state index contributed by atoms with van der Waals surface area (Å²) in [5.74, 6) is 0. The van der Waals surface area contributed by atoms with Crippen LogP contribution >= 0.6 is 0 Å². The van der Waals surface area contributed by atoms with Crippen LogP contribution in [0.2, 0.25) is 0 Å². The molecule has 16 heavy (non-hydrogen) atoms. The summed E-state index contributed by atoms with van der Waals surface area (Å²) >= 11 is 0. The van der Waals surface area contributed by atoms with E-state index in [4.69, 9.17) is 4.74 Å². The van der Waals surface area contributed by atoms with E-state index in [1.54, 1.807) is 4.90 Å². The third kappa shape index (κ3) is 2.27. The van der Waals surface area contributed by atoms with E-state index in [0.717, 1.165) is 6.20 Å². The summed E-state index contributed by atoms with van der Waals surface area (Å²) in [6.45, 7) is 1.84. The number of rotatable bonds is 1. The zero-order valence-corrected chi connectivity index (χ0v) is 8.50. The number of aromatic nitrogens is 1. The molecule has 1 saturated heterocycles. The van der Waals surface area contributed by atoms with Crippen molar-refractivity contribution in [3.63, 3.8) is 0 Å². The lowest BCUT2D eigenvalue weighted by atomic mass is 10.2. The van der Waals surface area contributed by atoms with E-state index in [1.165, 1.54) is 12.1 Å². The minimum absolute atomic E-state index is 0.137. The topological polar surface area (TPSA) is 25.4 Å². The van der Waals surface area contributed by atoms with Gasteiger partial charge < -0.3 is 9.64 Å². The molecule has 1 aliphatic heterocycles. The predicted octanol–water partition coefficient (Wildman–Crippen LogP) is 1.94. The maximum Gasteiger partial charge on any atom is 0.435 e. The quantitative estimate of drug-likeness (QED) is 0.739. The van der Waals surface area contributed by atoms with E-state index in [2.05, 4.69) is 4.98 Å². The van der Waals surface area contributed by atoms with Gasteiger partial charge in [0, 0.05) is 19.3 Å². The third-order valence-corrected chi connectivity index (χ3v) is 2.41. The molecule has 1 aromatic heterocycles. The summed E-state index contributed by atoms with van der Waals surface area (Å²) < 4.78 is 43.2. The first-order valence-electron chi connectivity index (χ1n) is 4.94. The molecule has 1 aromatic rings. The van der Waals surface area contributed by atoms with Crippen LogP contribution in [0.15, 0.2) is 18.3 Å². The lowest BCUT2D eigenvalue weighted by Crippen LogP contribution is -2.37. The highest BCUT2D eigenvalue weighted by Crippen LogP contribution is 2.34. The molecule has 3 nitrogen and oxygen atoms in total. The van der Waals surface area contributed by atoms with E-state index >= 15 is 0 Å². The van der Waals surface area contributed by atoms with Crippen molar-refractivity contribution in [3.05, 3.63) is 24.0 Å². The van der Waals surface area contributed by atoms with Crippen molar-refractivity contribution < 1.29 is 17.9 Å². The van der Waals surface area contributed by atoms with Gasteiger partial charge in [-0.2, -0.15) is 13.2 Å². The van der Waals surface area contributed by atoms with Crippen molar-refractivity contribution in [1.29, 1.82) is 0 Å². The smallest absolute Gasteiger partial charge is 0.378 e. The van der Waals surface area contributed by atoms with Crippen LogP contribution in [0.3, 0.4) is 0 Å². The van der Waals surface area contributed by atoms with E-state index < -0.39 is 11.9 Å². The lowest BCUT2D eigenvalue weighted by Gasteiger charge is -2.30. The molecule has 2 heterocycles. The second-order valence-electron chi connectivity index (χ2n) is 3.47. The minimum atomic E-state index is -4.41. The Labute approximate surface area is 90.8 Å². The summed E-state index contributed by atoms with van der Waals surface area (Å²) in [6, 6.07) is 2.96. The normalized spacial score (nSPS) is 17.6. The van der Waals surface area contributed by atoms with Crippen molar-refractivity contribution in [3.8, 4) is 0 Å². The molecule has 0 N–H and O–H groups in total. The number of nitrogens with zero attached hydrogens (tertiary/aromatic N) is 2. The first-order valence-corrected chi connectivity index (χ1v) is 4.94. The van der Waals surface area contributed by atoms with Gasteiger partial charge in [0.15, 0.2) is 5.69 Å². The molecule has 0 unspecified atom stereocenters. The number of halogens is 3. The first-order chi connectivity index (χ1) is 7.59. The van der Waals surface area contributed by atoms with Crippen LogP contribution in [0.4, 0.5) is 18.9 Å². The van der Waals surface area contributed by atoms with Gasteiger partial charge in [0.2, 0.25) is 0 Å². The lowest BCUT2D eigenvalue weighted by molar-refractivity contribution is -0.140. The number of hydrogen-bond donors (Lipinski definition) is 0. The minimum Gasteiger partial charge on any atom is -0.378 e. The van der Waals surface area contributed by atoms with Gasteiger partial charge in [-0.05, 0) is 12.1 Å². The summed E-state index contributed by atoms with van der Waals surface area (Å²) in [5, 5.41) is 0. The van der Waals surface area contributed by atoms with Gasteiger partial charge in [0.1, 0.15) is 0 Å². The van der Waals surface area contributed by atoms with Crippen LogP contribution in [-0.2, 0) is 10.9 Å². The molecule has 88 valence electrons. The summed E-state index contributed by atoms with van der Waals surface area (Å²) in [5.41, 5.74) is -0.685. The maximum absolute atomic E-state index is 12.7. The predicted molar refractivity (Wildman–Crippen MR) is 52.3 cm³/mol. The van der Waals surface area contributed by atoms with Gasteiger partial charge in [-0.1, -0.05) is 0 Å². The van der Waals surface area contributed by atoms with Gasteiger partial charge in [0.25, 0.3) is 0 Å². The Morgan fingerprint density at radius 2 is 1.94 bits per heavy atom. The second-order valence-corrected chi connectivity index (χ2v) is 3.47. The molecule has 0 saturated carbocycles. The summed E-state index contributed by atoms with van der Waals surface area (Å²) in [4.78, 5) is 5.07. The Kier molecular flexibility index (Phi) is 3.00. The Bertz CT molecular complexity index is 361. The molecule has 0 amide bonds. The van der Waals surface area contributed by atoms with Crippen LogP contribution < -0.4 is 4.90 Å². The van der Waals surface area contributed by atoms with Gasteiger partial charge in [-0.25, -0.2) is 4.98 Å². The number of anilines is 1. The number of morpholine rings is 1. The summed E-state index contributed by atoms with van der Waals surface area (Å²) in [6.07, 6.45) is -3.25. The number of ether oxygens (including phenoxy) is 1.